The average Bonchev–Trinajstić information content (AvgIpc) is 3.33. The summed E-state index contributed by atoms with van der Waals surface area (Å²) in [5.74, 6) is 0.842. The molecule has 2 N–H and O–H groups in total. The summed E-state index contributed by atoms with van der Waals surface area (Å²) >= 11 is 0. The van der Waals surface area contributed by atoms with E-state index in [4.69, 9.17) is 9.73 Å². The van der Waals surface area contributed by atoms with Crippen LogP contribution in [-0.2, 0) is 24.2 Å². The van der Waals surface area contributed by atoms with Crippen LogP contribution >= 0.6 is 0 Å². The van der Waals surface area contributed by atoms with Gasteiger partial charge in [0.2, 0.25) is 0 Å². The summed E-state index contributed by atoms with van der Waals surface area (Å²) < 4.78 is 7.40. The molecule has 2 aromatic carbocycles. The molecule has 0 radical (unpaired) electrons. The van der Waals surface area contributed by atoms with Crippen molar-refractivity contribution in [3.8, 4) is 5.69 Å². The number of nitrogens with one attached hydrogen (secondary N) is 2. The largest absolute Gasteiger partial charge is 0.379 e. The maximum Gasteiger partial charge on any atom is 0.191 e. The molecule has 0 aliphatic carbocycles. The predicted molar refractivity (Wildman–Crippen MR) is 133 cm³/mol. The third kappa shape index (κ3) is 6.91. The van der Waals surface area contributed by atoms with Gasteiger partial charge in [0, 0.05) is 38.9 Å². The molecule has 1 aliphatic rings. The zero-order valence-corrected chi connectivity index (χ0v) is 19.4. The van der Waals surface area contributed by atoms with Gasteiger partial charge in [0.15, 0.2) is 5.96 Å². The molecule has 0 bridgehead atoms. The summed E-state index contributed by atoms with van der Waals surface area (Å²) in [6.45, 7) is 8.93. The lowest BCUT2D eigenvalue weighted by atomic mass is 10.1. The molecule has 0 atom stereocenters. The first-order valence-electron chi connectivity index (χ1n) is 11.8. The Balaban J connectivity index is 1.32. The standard InChI is InChI=1S/C26H34N6O/c1-2-27-26(28-13-12-22-18-30-32(20-22)25-10-4-3-5-11-25)29-19-23-8-6-7-9-24(23)21-31-14-16-33-17-15-31/h3-11,18,20H,2,12-17,19,21H2,1H3,(H2,27,28,29). The first-order chi connectivity index (χ1) is 16.3. The van der Waals surface area contributed by atoms with Crippen molar-refractivity contribution in [3.05, 3.63) is 83.7 Å². The lowest BCUT2D eigenvalue weighted by Gasteiger charge is -2.27. The van der Waals surface area contributed by atoms with Gasteiger partial charge in [-0.25, -0.2) is 9.67 Å². The molecule has 4 rings (SSSR count). The van der Waals surface area contributed by atoms with Gasteiger partial charge in [-0.1, -0.05) is 42.5 Å². The van der Waals surface area contributed by atoms with Crippen LogP contribution in [0.15, 0.2) is 72.0 Å². The number of guanidine groups is 1. The number of aliphatic imine (C=N–C) groups is 1. The second-order valence-electron chi connectivity index (χ2n) is 8.16. The van der Waals surface area contributed by atoms with Crippen molar-refractivity contribution < 1.29 is 4.74 Å². The van der Waals surface area contributed by atoms with Crippen molar-refractivity contribution in [2.75, 3.05) is 39.4 Å². The second kappa shape index (κ2) is 12.2. The number of ether oxygens (including phenoxy) is 1. The molecule has 0 unspecified atom stereocenters. The number of morpholine rings is 1. The maximum absolute atomic E-state index is 5.48. The highest BCUT2D eigenvalue weighted by molar-refractivity contribution is 5.79. The van der Waals surface area contributed by atoms with Crippen molar-refractivity contribution in [3.63, 3.8) is 0 Å². The van der Waals surface area contributed by atoms with Gasteiger partial charge in [-0.3, -0.25) is 4.90 Å². The second-order valence-corrected chi connectivity index (χ2v) is 8.16. The van der Waals surface area contributed by atoms with E-state index in [-0.39, 0.29) is 0 Å². The van der Waals surface area contributed by atoms with Crippen molar-refractivity contribution in [1.29, 1.82) is 0 Å². The Morgan fingerprint density at radius 2 is 1.76 bits per heavy atom. The fraction of sp³-hybridized carbons (Fsp3) is 0.385. The van der Waals surface area contributed by atoms with Gasteiger partial charge in [-0.05, 0) is 42.2 Å². The van der Waals surface area contributed by atoms with Gasteiger partial charge in [0.1, 0.15) is 0 Å². The summed E-state index contributed by atoms with van der Waals surface area (Å²) in [4.78, 5) is 7.30. The minimum Gasteiger partial charge on any atom is -0.379 e. The third-order valence-corrected chi connectivity index (χ3v) is 5.73. The first kappa shape index (κ1) is 23.0. The molecule has 1 saturated heterocycles. The Labute approximate surface area is 196 Å². The number of nitrogens with zero attached hydrogens (tertiary/aromatic N) is 4. The van der Waals surface area contributed by atoms with Crippen LogP contribution in [0.2, 0.25) is 0 Å². The average molecular weight is 447 g/mol. The number of rotatable bonds is 9. The fourth-order valence-electron chi connectivity index (χ4n) is 3.91. The molecular weight excluding hydrogens is 412 g/mol. The molecule has 174 valence electrons. The maximum atomic E-state index is 5.48. The molecule has 2 heterocycles. The van der Waals surface area contributed by atoms with Crippen LogP contribution in [0.3, 0.4) is 0 Å². The van der Waals surface area contributed by atoms with E-state index in [1.165, 1.54) is 16.7 Å². The van der Waals surface area contributed by atoms with E-state index >= 15 is 0 Å². The highest BCUT2D eigenvalue weighted by atomic mass is 16.5. The monoisotopic (exact) mass is 446 g/mol. The molecule has 1 aliphatic heterocycles. The number of benzene rings is 2. The zero-order chi connectivity index (χ0) is 22.7. The van der Waals surface area contributed by atoms with Crippen LogP contribution in [0.1, 0.15) is 23.6 Å². The lowest BCUT2D eigenvalue weighted by molar-refractivity contribution is 0.0341. The van der Waals surface area contributed by atoms with Crippen LogP contribution in [-0.4, -0.2) is 60.0 Å². The third-order valence-electron chi connectivity index (χ3n) is 5.73. The van der Waals surface area contributed by atoms with Crippen LogP contribution in [0.5, 0.6) is 0 Å². The molecule has 7 heteroatoms. The normalized spacial score (nSPS) is 14.9. The number of para-hydroxylation sites is 1. The number of aromatic nitrogens is 2. The minimum atomic E-state index is 0.655. The van der Waals surface area contributed by atoms with E-state index in [0.717, 1.165) is 64.0 Å². The summed E-state index contributed by atoms with van der Waals surface area (Å²) in [7, 11) is 0. The summed E-state index contributed by atoms with van der Waals surface area (Å²) in [6, 6.07) is 18.8. The van der Waals surface area contributed by atoms with Gasteiger partial charge in [-0.2, -0.15) is 5.10 Å². The van der Waals surface area contributed by atoms with Crippen LogP contribution < -0.4 is 10.6 Å². The van der Waals surface area contributed by atoms with Gasteiger partial charge in [-0.15, -0.1) is 0 Å². The fourth-order valence-corrected chi connectivity index (χ4v) is 3.91. The van der Waals surface area contributed by atoms with Gasteiger partial charge >= 0.3 is 0 Å². The Kier molecular flexibility index (Phi) is 8.49. The topological polar surface area (TPSA) is 66.7 Å². The highest BCUT2D eigenvalue weighted by Crippen LogP contribution is 2.14. The van der Waals surface area contributed by atoms with Crippen LogP contribution in [0.25, 0.3) is 5.69 Å². The first-order valence-corrected chi connectivity index (χ1v) is 11.8. The quantitative estimate of drug-likeness (QED) is 0.391. The lowest BCUT2D eigenvalue weighted by Crippen LogP contribution is -2.38. The van der Waals surface area contributed by atoms with Gasteiger partial charge < -0.3 is 15.4 Å². The van der Waals surface area contributed by atoms with E-state index in [9.17, 15) is 0 Å². The van der Waals surface area contributed by atoms with Gasteiger partial charge in [0.25, 0.3) is 0 Å². The van der Waals surface area contributed by atoms with E-state index in [1.54, 1.807) is 0 Å². The van der Waals surface area contributed by atoms with Crippen molar-refractivity contribution in [2.24, 2.45) is 4.99 Å². The summed E-state index contributed by atoms with van der Waals surface area (Å²) in [5, 5.41) is 11.3. The smallest absolute Gasteiger partial charge is 0.191 e. The molecule has 0 amide bonds. The number of hydrogen-bond donors (Lipinski definition) is 2. The van der Waals surface area contributed by atoms with Crippen LogP contribution in [0.4, 0.5) is 0 Å². The molecular formula is C26H34N6O. The predicted octanol–water partition coefficient (Wildman–Crippen LogP) is 3.00. The molecule has 3 aromatic rings. The molecule has 7 nitrogen and oxygen atoms in total. The Morgan fingerprint density at radius 1 is 1.00 bits per heavy atom. The van der Waals surface area contributed by atoms with E-state index in [1.807, 2.05) is 29.1 Å². The minimum absolute atomic E-state index is 0.655. The van der Waals surface area contributed by atoms with Crippen LogP contribution in [0, 0.1) is 0 Å². The van der Waals surface area contributed by atoms with E-state index < -0.39 is 0 Å². The molecule has 1 fully saturated rings. The Morgan fingerprint density at radius 3 is 2.55 bits per heavy atom. The Hall–Kier alpha value is -3.16. The zero-order valence-electron chi connectivity index (χ0n) is 19.4. The van der Waals surface area contributed by atoms with Crippen molar-refractivity contribution in [1.82, 2.24) is 25.3 Å². The van der Waals surface area contributed by atoms with E-state index in [0.29, 0.717) is 6.54 Å². The molecule has 33 heavy (non-hydrogen) atoms. The Bertz CT molecular complexity index is 1010. The van der Waals surface area contributed by atoms with E-state index in [2.05, 4.69) is 70.2 Å². The number of hydrogen-bond acceptors (Lipinski definition) is 4. The summed E-state index contributed by atoms with van der Waals surface area (Å²) in [5.41, 5.74) is 4.87. The van der Waals surface area contributed by atoms with Gasteiger partial charge in [0.05, 0.1) is 31.6 Å². The molecule has 1 aromatic heterocycles. The van der Waals surface area contributed by atoms with Crippen molar-refractivity contribution in [2.45, 2.75) is 26.4 Å². The summed E-state index contributed by atoms with van der Waals surface area (Å²) in [6.07, 6.45) is 4.90. The van der Waals surface area contributed by atoms with Crippen molar-refractivity contribution >= 4 is 5.96 Å². The highest BCUT2D eigenvalue weighted by Gasteiger charge is 2.12. The molecule has 0 spiro atoms. The SMILES string of the molecule is CCNC(=NCc1ccccc1CN1CCOCC1)NCCc1cnn(-c2ccccc2)c1. The molecule has 0 saturated carbocycles.